The summed E-state index contributed by atoms with van der Waals surface area (Å²) in [5.41, 5.74) is 2.11. The average molecular weight is 306 g/mol. The SMILES string of the molecule is C=CCSc1ccccc1NCc1ccc(O)c(Cl)c1. The Kier molecular flexibility index (Phi) is 5.39. The molecule has 2 N–H and O–H groups in total. The monoisotopic (exact) mass is 305 g/mol. The summed E-state index contributed by atoms with van der Waals surface area (Å²) in [5, 5.41) is 13.2. The van der Waals surface area contributed by atoms with Crippen LogP contribution in [0.25, 0.3) is 0 Å². The van der Waals surface area contributed by atoms with Crippen molar-refractivity contribution in [2.45, 2.75) is 11.4 Å². The number of hydrogen-bond donors (Lipinski definition) is 2. The van der Waals surface area contributed by atoms with Gasteiger partial charge in [0.05, 0.1) is 5.02 Å². The first kappa shape index (κ1) is 14.8. The molecule has 0 aliphatic heterocycles. The van der Waals surface area contributed by atoms with Gasteiger partial charge in [-0.15, -0.1) is 18.3 Å². The molecule has 0 aliphatic rings. The first-order valence-electron chi connectivity index (χ1n) is 6.24. The molecule has 0 bridgehead atoms. The fourth-order valence-electron chi connectivity index (χ4n) is 1.74. The van der Waals surface area contributed by atoms with Gasteiger partial charge in [-0.05, 0) is 29.8 Å². The van der Waals surface area contributed by atoms with Crippen LogP contribution in [0.4, 0.5) is 5.69 Å². The largest absolute Gasteiger partial charge is 0.506 e. The number of thioether (sulfide) groups is 1. The van der Waals surface area contributed by atoms with E-state index in [0.29, 0.717) is 11.6 Å². The molecule has 0 saturated heterocycles. The molecule has 0 saturated carbocycles. The Morgan fingerprint density at radius 3 is 2.80 bits per heavy atom. The number of anilines is 1. The molecule has 4 heteroatoms. The van der Waals surface area contributed by atoms with E-state index in [1.165, 1.54) is 4.90 Å². The van der Waals surface area contributed by atoms with Gasteiger partial charge in [-0.25, -0.2) is 0 Å². The van der Waals surface area contributed by atoms with Gasteiger partial charge in [0.2, 0.25) is 0 Å². The van der Waals surface area contributed by atoms with E-state index >= 15 is 0 Å². The molecular weight excluding hydrogens is 290 g/mol. The number of para-hydroxylation sites is 1. The zero-order valence-corrected chi connectivity index (χ0v) is 12.5. The quantitative estimate of drug-likeness (QED) is 0.586. The smallest absolute Gasteiger partial charge is 0.134 e. The Morgan fingerprint density at radius 1 is 1.25 bits per heavy atom. The van der Waals surface area contributed by atoms with Crippen molar-refractivity contribution in [3.8, 4) is 5.75 Å². The number of halogens is 1. The van der Waals surface area contributed by atoms with Crippen LogP contribution in [0.1, 0.15) is 5.56 Å². The Morgan fingerprint density at radius 2 is 2.05 bits per heavy atom. The zero-order valence-electron chi connectivity index (χ0n) is 11.0. The third-order valence-electron chi connectivity index (χ3n) is 2.74. The van der Waals surface area contributed by atoms with Crippen molar-refractivity contribution in [1.82, 2.24) is 0 Å². The van der Waals surface area contributed by atoms with E-state index < -0.39 is 0 Å². The number of benzene rings is 2. The van der Waals surface area contributed by atoms with Gasteiger partial charge in [-0.1, -0.05) is 35.9 Å². The number of phenols is 1. The van der Waals surface area contributed by atoms with Crippen molar-refractivity contribution < 1.29 is 5.11 Å². The zero-order chi connectivity index (χ0) is 14.4. The van der Waals surface area contributed by atoms with Gasteiger partial charge in [0.1, 0.15) is 5.75 Å². The Labute approximate surface area is 128 Å². The molecular formula is C16H16ClNOS. The molecule has 0 heterocycles. The van der Waals surface area contributed by atoms with Gasteiger partial charge in [0, 0.05) is 22.9 Å². The van der Waals surface area contributed by atoms with Crippen molar-refractivity contribution in [3.63, 3.8) is 0 Å². The van der Waals surface area contributed by atoms with Crippen LogP contribution in [0.15, 0.2) is 60.0 Å². The highest BCUT2D eigenvalue weighted by Gasteiger charge is 2.03. The van der Waals surface area contributed by atoms with Gasteiger partial charge >= 0.3 is 0 Å². The first-order chi connectivity index (χ1) is 9.70. The molecule has 2 aromatic carbocycles. The van der Waals surface area contributed by atoms with Crippen LogP contribution < -0.4 is 5.32 Å². The van der Waals surface area contributed by atoms with E-state index in [1.54, 1.807) is 23.9 Å². The molecule has 2 aromatic rings. The maximum Gasteiger partial charge on any atom is 0.134 e. The van der Waals surface area contributed by atoms with Gasteiger partial charge < -0.3 is 10.4 Å². The predicted molar refractivity (Wildman–Crippen MR) is 87.8 cm³/mol. The van der Waals surface area contributed by atoms with Crippen LogP contribution >= 0.6 is 23.4 Å². The minimum Gasteiger partial charge on any atom is -0.506 e. The summed E-state index contributed by atoms with van der Waals surface area (Å²) in [6, 6.07) is 13.4. The fraction of sp³-hybridized carbons (Fsp3) is 0.125. The number of rotatable bonds is 6. The van der Waals surface area contributed by atoms with Crippen LogP contribution in [0, 0.1) is 0 Å². The van der Waals surface area contributed by atoms with Gasteiger partial charge in [0.15, 0.2) is 0 Å². The Balaban J connectivity index is 2.06. The normalized spacial score (nSPS) is 10.2. The van der Waals surface area contributed by atoms with E-state index in [4.69, 9.17) is 11.6 Å². The van der Waals surface area contributed by atoms with E-state index in [1.807, 2.05) is 30.3 Å². The van der Waals surface area contributed by atoms with Gasteiger partial charge in [-0.2, -0.15) is 0 Å². The second-order valence-corrected chi connectivity index (χ2v) is 5.70. The van der Waals surface area contributed by atoms with Crippen molar-refractivity contribution in [3.05, 3.63) is 65.7 Å². The van der Waals surface area contributed by atoms with Crippen LogP contribution in [-0.2, 0) is 6.54 Å². The molecule has 0 spiro atoms. The van der Waals surface area contributed by atoms with Crippen LogP contribution in [-0.4, -0.2) is 10.9 Å². The summed E-state index contributed by atoms with van der Waals surface area (Å²) in [6.07, 6.45) is 1.89. The molecule has 0 aliphatic carbocycles. The van der Waals surface area contributed by atoms with Crippen LogP contribution in [0.3, 0.4) is 0 Å². The number of hydrogen-bond acceptors (Lipinski definition) is 3. The van der Waals surface area contributed by atoms with Crippen LogP contribution in [0.5, 0.6) is 5.75 Å². The highest BCUT2D eigenvalue weighted by molar-refractivity contribution is 7.99. The topological polar surface area (TPSA) is 32.3 Å². The molecule has 2 nitrogen and oxygen atoms in total. The molecule has 0 amide bonds. The molecule has 0 atom stereocenters. The van der Waals surface area contributed by atoms with Gasteiger partial charge in [-0.3, -0.25) is 0 Å². The third-order valence-corrected chi connectivity index (χ3v) is 4.11. The number of phenolic OH excluding ortho intramolecular Hbond substituents is 1. The minimum absolute atomic E-state index is 0.109. The molecule has 20 heavy (non-hydrogen) atoms. The van der Waals surface area contributed by atoms with Crippen molar-refractivity contribution in [1.29, 1.82) is 0 Å². The fourth-order valence-corrected chi connectivity index (χ4v) is 2.72. The van der Waals surface area contributed by atoms with E-state index in [-0.39, 0.29) is 5.75 Å². The molecule has 104 valence electrons. The Hall–Kier alpha value is -1.58. The van der Waals surface area contributed by atoms with E-state index in [0.717, 1.165) is 17.0 Å². The lowest BCUT2D eigenvalue weighted by atomic mass is 10.2. The summed E-state index contributed by atoms with van der Waals surface area (Å²) in [6.45, 7) is 4.40. The second-order valence-electron chi connectivity index (χ2n) is 4.24. The van der Waals surface area contributed by atoms with Crippen molar-refractivity contribution in [2.24, 2.45) is 0 Å². The summed E-state index contributed by atoms with van der Waals surface area (Å²) in [4.78, 5) is 1.19. The standard InChI is InChI=1S/C16H16ClNOS/c1-2-9-20-16-6-4-3-5-14(16)18-11-12-7-8-15(19)13(17)10-12/h2-8,10,18-19H,1,9,11H2. The molecule has 0 aromatic heterocycles. The lowest BCUT2D eigenvalue weighted by molar-refractivity contribution is 0.475. The maximum absolute atomic E-state index is 9.41. The van der Waals surface area contributed by atoms with Crippen molar-refractivity contribution in [2.75, 3.05) is 11.1 Å². The summed E-state index contributed by atoms with van der Waals surface area (Å²) >= 11 is 7.64. The van der Waals surface area contributed by atoms with E-state index in [2.05, 4.69) is 18.0 Å². The average Bonchev–Trinajstić information content (AvgIpc) is 2.47. The summed E-state index contributed by atoms with van der Waals surface area (Å²) in [5.74, 6) is 0.987. The van der Waals surface area contributed by atoms with E-state index in [9.17, 15) is 5.11 Å². The van der Waals surface area contributed by atoms with Crippen molar-refractivity contribution >= 4 is 29.1 Å². The summed E-state index contributed by atoms with van der Waals surface area (Å²) < 4.78 is 0. The predicted octanol–water partition coefficient (Wildman–Crippen LogP) is 4.94. The van der Waals surface area contributed by atoms with Gasteiger partial charge in [0.25, 0.3) is 0 Å². The molecule has 2 rings (SSSR count). The first-order valence-corrected chi connectivity index (χ1v) is 7.61. The highest BCUT2D eigenvalue weighted by atomic mass is 35.5. The molecule has 0 unspecified atom stereocenters. The molecule has 0 radical (unpaired) electrons. The lowest BCUT2D eigenvalue weighted by Gasteiger charge is -2.11. The number of aromatic hydroxyl groups is 1. The Bertz CT molecular complexity index is 601. The second kappa shape index (κ2) is 7.27. The third kappa shape index (κ3) is 3.95. The molecule has 0 fully saturated rings. The maximum atomic E-state index is 9.41. The van der Waals surface area contributed by atoms with Crippen LogP contribution in [0.2, 0.25) is 5.02 Å². The number of nitrogens with one attached hydrogen (secondary N) is 1. The minimum atomic E-state index is 0.109. The highest BCUT2D eigenvalue weighted by Crippen LogP contribution is 2.28. The summed E-state index contributed by atoms with van der Waals surface area (Å²) in [7, 11) is 0. The lowest BCUT2D eigenvalue weighted by Crippen LogP contribution is -2.00.